The Morgan fingerprint density at radius 3 is 0.531 bits per heavy atom. The molecule has 0 saturated heterocycles. The summed E-state index contributed by atoms with van der Waals surface area (Å²) >= 11 is 3.95. The van der Waals surface area contributed by atoms with Gasteiger partial charge in [-0.3, -0.25) is 0 Å². The fraction of sp³-hybridized carbons (Fsp3) is 0.400. The van der Waals surface area contributed by atoms with Crippen molar-refractivity contribution in [3.8, 4) is 44.5 Å². The number of thiophene rings is 2. The topological polar surface area (TPSA) is 0 Å². The van der Waals surface area contributed by atoms with Crippen molar-refractivity contribution in [1.82, 2.24) is 0 Å². The van der Waals surface area contributed by atoms with Gasteiger partial charge in [0.15, 0.2) is 0 Å². The maximum absolute atomic E-state index is 10.7. The van der Waals surface area contributed by atoms with E-state index in [1.165, 1.54) is 142 Å². The molecule has 2 heterocycles. The van der Waals surface area contributed by atoms with E-state index in [4.69, 9.17) is 0 Å². The van der Waals surface area contributed by atoms with Gasteiger partial charge in [0.1, 0.15) is 0 Å². The van der Waals surface area contributed by atoms with Gasteiger partial charge in [0.25, 0.3) is 0 Å². The van der Waals surface area contributed by atoms with Crippen molar-refractivity contribution in [3.63, 3.8) is 0 Å². The van der Waals surface area contributed by atoms with Crippen molar-refractivity contribution in [2.24, 2.45) is 0 Å². The van der Waals surface area contributed by atoms with Crippen LogP contribution in [0.25, 0.3) is 53.9 Å². The Bertz CT molecular complexity index is 3860. The molecule has 0 unspecified atom stereocenters. The predicted molar refractivity (Wildman–Crippen MR) is 390 cm³/mol. The molecule has 0 amide bonds. The first-order valence-electron chi connectivity index (χ1n) is 32.3. The van der Waals surface area contributed by atoms with Crippen LogP contribution >= 0.6 is 38.3 Å². The maximum atomic E-state index is 9.87. The Kier molecular flexibility index (Phi) is 18.1. The molecule has 10 rings (SSSR count). The van der Waals surface area contributed by atoms with Crippen LogP contribution < -0.4 is 0 Å². The van der Waals surface area contributed by atoms with Crippen LogP contribution in [0, 0.1) is 11.8 Å². The zero-order valence-electron chi connectivity index (χ0n) is 59.9. The van der Waals surface area contributed by atoms with Gasteiger partial charge < -0.3 is 0 Å². The molecule has 8 aliphatic carbocycles. The second-order valence-corrected chi connectivity index (χ2v) is 40.3. The third-order valence-electron chi connectivity index (χ3n) is 17.5. The van der Waals surface area contributed by atoms with E-state index >= 15 is 0 Å². The Labute approximate surface area is 570 Å². The van der Waals surface area contributed by atoms with Gasteiger partial charge in [-0.15, -0.1) is 22.7 Å². The quantitative estimate of drug-likeness (QED) is 0.0884. The molecule has 16 heteroatoms. The van der Waals surface area contributed by atoms with Crippen LogP contribution in [0.5, 0.6) is 0 Å². The van der Waals surface area contributed by atoms with E-state index in [-0.39, 0.29) is 43.3 Å². The molecule has 0 nitrogen and oxygen atoms in total. The van der Waals surface area contributed by atoms with Crippen molar-refractivity contribution in [2.75, 3.05) is 0 Å². The zero-order valence-corrected chi connectivity index (χ0v) is 63.4. The summed E-state index contributed by atoms with van der Waals surface area (Å²) in [6.07, 6.45) is 0. The van der Waals surface area contributed by atoms with Crippen LogP contribution in [-0.4, -0.2) is 0 Å². The summed E-state index contributed by atoms with van der Waals surface area (Å²) in [5.74, 6) is 2.65. The predicted octanol–water partition coefficient (Wildman–Crippen LogP) is 30.6. The van der Waals surface area contributed by atoms with E-state index in [0.717, 1.165) is 0 Å². The molecule has 0 bridgehead atoms. The van der Waals surface area contributed by atoms with Crippen LogP contribution in [0.15, 0.2) is 133 Å². The van der Waals surface area contributed by atoms with Gasteiger partial charge in [0, 0.05) is 103 Å². The average Bonchev–Trinajstić information content (AvgIpc) is 1.58. The summed E-state index contributed by atoms with van der Waals surface area (Å²) in [6, 6.07) is 54.0. The number of hydrogen-bond acceptors (Lipinski definition) is 2. The van der Waals surface area contributed by atoms with E-state index in [1.807, 2.05) is 22.7 Å². The summed E-state index contributed by atoms with van der Waals surface area (Å²) in [5.41, 5.74) is 26.4. The molecule has 0 fully saturated rings. The van der Waals surface area contributed by atoms with Crippen LogP contribution in [0.1, 0.15) is 243 Å². The molecule has 0 radical (unpaired) electrons. The average molecular weight is 1410 g/mol. The number of halogens is 12. The molecule has 2 aromatic heterocycles. The molecule has 2 aromatic rings. The minimum atomic E-state index is -10.7. The first kappa shape index (κ1) is 76.0. The van der Waals surface area contributed by atoms with Crippen molar-refractivity contribution in [3.05, 3.63) is 222 Å². The first-order valence-corrected chi connectivity index (χ1v) is 38.0. The third kappa shape index (κ3) is 18.5. The van der Waals surface area contributed by atoms with Gasteiger partial charge in [0.2, 0.25) is 0 Å². The molecular formula is C80H94F12P2S2. The fourth-order valence-corrected chi connectivity index (χ4v) is 15.2. The zero-order chi connectivity index (χ0) is 72.8. The van der Waals surface area contributed by atoms with Gasteiger partial charge in [-0.2, -0.15) is 0 Å². The summed E-state index contributed by atoms with van der Waals surface area (Å²) in [4.78, 5) is 2.62. The van der Waals surface area contributed by atoms with E-state index in [9.17, 15) is 50.4 Å². The molecule has 0 saturated carbocycles. The monoisotopic (exact) mass is 1410 g/mol. The molecule has 8 aliphatic rings. The number of fused-ring (bicyclic) bond motifs is 5. The van der Waals surface area contributed by atoms with E-state index in [2.05, 4.69) is 300 Å². The first-order chi connectivity index (χ1) is 42.6. The van der Waals surface area contributed by atoms with Gasteiger partial charge >= 0.3 is 66.0 Å². The van der Waals surface area contributed by atoms with Crippen LogP contribution in [-0.2, 0) is 43.3 Å². The Hall–Kier alpha value is -5.78. The Morgan fingerprint density at radius 1 is 0.229 bits per heavy atom. The Morgan fingerprint density at radius 2 is 0.385 bits per heavy atom. The molecule has 0 aromatic carbocycles. The standard InChI is InChI=1S/C80H94S2.2F6P/c1-73(2,3)47-25-33-51-55(37-29-47)63(77(13,14)15)41-59(51)71(60-42-64(78(16,17)18)56-38-30-48(74(4,5)6)26-34-52(56)60)69-45-67-68(81-69)46-70(82-67)72(61-43-65(79(19,20)21)57-39-31-49(75(7,8)9)27-35-53(57)61)62-44-66(80(22,23)24)58-40-32-50(76(10,11)12)28-36-54(58)62;2*1-7(2,3,4,5)6/h25-46H,1-24H3;;/q+2;2*-1. The summed E-state index contributed by atoms with van der Waals surface area (Å²) in [6.45, 7) is 56.6. The van der Waals surface area contributed by atoms with Gasteiger partial charge in [-0.05, 0) is 114 Å². The van der Waals surface area contributed by atoms with Crippen molar-refractivity contribution < 1.29 is 50.4 Å². The normalized spacial score (nSPS) is 15.0. The van der Waals surface area contributed by atoms with Crippen molar-refractivity contribution >= 4 is 47.7 Å². The van der Waals surface area contributed by atoms with Gasteiger partial charge in [-0.25, -0.2) is 0 Å². The van der Waals surface area contributed by atoms with Crippen LogP contribution in [0.3, 0.4) is 0 Å². The minimum absolute atomic E-state index is 0.00572. The second-order valence-electron chi connectivity index (χ2n) is 34.3. The molecule has 0 spiro atoms. The van der Waals surface area contributed by atoms with Crippen molar-refractivity contribution in [1.29, 1.82) is 0 Å². The summed E-state index contributed by atoms with van der Waals surface area (Å²) < 4.78 is 121. The molecule has 0 N–H and O–H groups in total. The van der Waals surface area contributed by atoms with E-state index in [1.54, 1.807) is 0 Å². The van der Waals surface area contributed by atoms with E-state index < -0.39 is 15.6 Å². The van der Waals surface area contributed by atoms with Crippen LogP contribution in [0.4, 0.5) is 50.4 Å². The van der Waals surface area contributed by atoms with Crippen molar-refractivity contribution in [2.45, 2.75) is 209 Å². The number of hydrogen-bond donors (Lipinski definition) is 0. The Balaban J connectivity index is 0.000000759. The fourth-order valence-electron chi connectivity index (χ4n) is 12.6. The van der Waals surface area contributed by atoms with E-state index in [0.29, 0.717) is 0 Å². The number of rotatable bonds is 6. The molecule has 0 atom stereocenters. The van der Waals surface area contributed by atoms with Gasteiger partial charge in [0.05, 0.1) is 53.2 Å². The molecule has 520 valence electrons. The SMILES string of the molecule is CC(C)(C)c1ccc2c([C+](c3cc4sc([C+](c5cc(C(C)(C)C)c6ccc(C(C)(C)C)ccc5-6)c5cc(C(C)(C)C)c6ccc(C(C)(C)C)ccc5-6)cc4s3)c3cc(C(C)(C)C)c4ccc(C(C)(C)C)ccc3-4)cc(C(C)(C)C)c-2cc1.F[P-](F)(F)(F)(F)F.F[P-](F)(F)(F)(F)F. The third-order valence-corrected chi connectivity index (χ3v) is 19.9. The summed E-state index contributed by atoms with van der Waals surface area (Å²) in [7, 11) is -21.3. The molecular weight excluding hydrogens is 1310 g/mol. The second kappa shape index (κ2) is 22.9. The van der Waals surface area contributed by atoms with Crippen LogP contribution in [0.2, 0.25) is 0 Å². The van der Waals surface area contributed by atoms with Gasteiger partial charge in [-0.1, -0.05) is 215 Å². The summed E-state index contributed by atoms with van der Waals surface area (Å²) in [5, 5.41) is 0. The molecule has 0 aliphatic heterocycles. The molecule has 96 heavy (non-hydrogen) atoms.